The summed E-state index contributed by atoms with van der Waals surface area (Å²) >= 11 is 0. The summed E-state index contributed by atoms with van der Waals surface area (Å²) < 4.78 is 5.80. The van der Waals surface area contributed by atoms with Crippen molar-refractivity contribution >= 4 is 0 Å². The van der Waals surface area contributed by atoms with Gasteiger partial charge < -0.3 is 9.64 Å². The van der Waals surface area contributed by atoms with Crippen molar-refractivity contribution in [2.45, 2.75) is 45.6 Å². The minimum atomic E-state index is 0.0692. The van der Waals surface area contributed by atoms with Gasteiger partial charge in [-0.2, -0.15) is 0 Å². The number of ether oxygens (including phenoxy) is 1. The third kappa shape index (κ3) is 4.10. The average molecular weight is 185 g/mol. The number of likely N-dealkylation sites (tertiary alicyclic amines) is 1. The summed E-state index contributed by atoms with van der Waals surface area (Å²) in [6, 6.07) is 0. The van der Waals surface area contributed by atoms with E-state index in [1.54, 1.807) is 0 Å². The molecule has 0 N–H and O–H groups in total. The maximum Gasteiger partial charge on any atom is 0.0624 e. The van der Waals surface area contributed by atoms with E-state index in [2.05, 4.69) is 25.7 Å². The van der Waals surface area contributed by atoms with Crippen LogP contribution in [0.25, 0.3) is 0 Å². The molecule has 1 heterocycles. The van der Waals surface area contributed by atoms with Crippen LogP contribution < -0.4 is 0 Å². The van der Waals surface area contributed by atoms with Crippen LogP contribution in [0.2, 0.25) is 0 Å². The summed E-state index contributed by atoms with van der Waals surface area (Å²) in [5, 5.41) is 0. The van der Waals surface area contributed by atoms with Gasteiger partial charge in [-0.15, -0.1) is 0 Å². The highest BCUT2D eigenvalue weighted by Crippen LogP contribution is 2.14. The van der Waals surface area contributed by atoms with Gasteiger partial charge in [0.2, 0.25) is 0 Å². The zero-order chi connectivity index (χ0) is 9.73. The molecule has 2 nitrogen and oxygen atoms in total. The number of hydrogen-bond donors (Lipinski definition) is 0. The lowest BCUT2D eigenvalue weighted by molar-refractivity contribution is -0.0269. The van der Waals surface area contributed by atoms with E-state index in [-0.39, 0.29) is 5.60 Å². The molecule has 0 aromatic carbocycles. The normalized spacial score (nSPS) is 19.6. The Hall–Kier alpha value is -0.0800. The van der Waals surface area contributed by atoms with Crippen molar-refractivity contribution in [1.82, 2.24) is 4.90 Å². The van der Waals surface area contributed by atoms with Crippen molar-refractivity contribution in [3.05, 3.63) is 0 Å². The Bertz CT molecular complexity index is 139. The molecule has 0 amide bonds. The molecule has 0 radical (unpaired) electrons. The summed E-state index contributed by atoms with van der Waals surface area (Å²) in [7, 11) is 0. The maximum atomic E-state index is 5.80. The summed E-state index contributed by atoms with van der Waals surface area (Å²) in [5.74, 6) is 0. The van der Waals surface area contributed by atoms with Gasteiger partial charge in [-0.05, 0) is 46.2 Å². The first kappa shape index (κ1) is 11.0. The summed E-state index contributed by atoms with van der Waals surface area (Å²) in [6.45, 7) is 11.1. The van der Waals surface area contributed by atoms with E-state index >= 15 is 0 Å². The van der Waals surface area contributed by atoms with Gasteiger partial charge in [0.05, 0.1) is 12.2 Å². The zero-order valence-electron chi connectivity index (χ0n) is 9.31. The van der Waals surface area contributed by atoms with Crippen molar-refractivity contribution in [2.24, 2.45) is 0 Å². The Labute approximate surface area is 82.3 Å². The van der Waals surface area contributed by atoms with E-state index in [0.29, 0.717) is 0 Å². The molecule has 0 unspecified atom stereocenters. The molecule has 2 heteroatoms. The second kappa shape index (κ2) is 4.97. The van der Waals surface area contributed by atoms with Gasteiger partial charge in [-0.1, -0.05) is 6.92 Å². The minimum absolute atomic E-state index is 0.0692. The highest BCUT2D eigenvalue weighted by Gasteiger charge is 2.16. The lowest BCUT2D eigenvalue weighted by Gasteiger charge is -2.25. The monoisotopic (exact) mass is 185 g/mol. The van der Waals surface area contributed by atoms with Crippen LogP contribution in [0.3, 0.4) is 0 Å². The van der Waals surface area contributed by atoms with Crippen molar-refractivity contribution in [3.63, 3.8) is 0 Å². The largest absolute Gasteiger partial charge is 0.374 e. The third-order valence-electron chi connectivity index (χ3n) is 2.95. The smallest absolute Gasteiger partial charge is 0.0624 e. The van der Waals surface area contributed by atoms with Crippen molar-refractivity contribution in [1.29, 1.82) is 0 Å². The van der Waals surface area contributed by atoms with Gasteiger partial charge in [-0.3, -0.25) is 0 Å². The number of hydrogen-bond acceptors (Lipinski definition) is 2. The second-order valence-electron chi connectivity index (χ2n) is 4.51. The fourth-order valence-electron chi connectivity index (χ4n) is 1.56. The van der Waals surface area contributed by atoms with Crippen LogP contribution in [0.4, 0.5) is 0 Å². The maximum absolute atomic E-state index is 5.80. The highest BCUT2D eigenvalue weighted by atomic mass is 16.5. The van der Waals surface area contributed by atoms with Gasteiger partial charge in [0, 0.05) is 6.54 Å². The topological polar surface area (TPSA) is 12.5 Å². The number of rotatable bonds is 5. The molecule has 0 atom stereocenters. The molecular formula is C11H23NO. The Kier molecular flexibility index (Phi) is 4.20. The summed E-state index contributed by atoms with van der Waals surface area (Å²) in [6.07, 6.45) is 3.83. The molecule has 78 valence electrons. The van der Waals surface area contributed by atoms with Crippen molar-refractivity contribution in [2.75, 3.05) is 26.2 Å². The first-order valence-corrected chi connectivity index (χ1v) is 5.50. The molecule has 0 spiro atoms. The Morgan fingerprint density at radius 2 is 1.85 bits per heavy atom. The molecule has 0 aromatic rings. The summed E-state index contributed by atoms with van der Waals surface area (Å²) in [4.78, 5) is 2.49. The van der Waals surface area contributed by atoms with Crippen LogP contribution >= 0.6 is 0 Å². The molecule has 1 aliphatic heterocycles. The van der Waals surface area contributed by atoms with Gasteiger partial charge >= 0.3 is 0 Å². The highest BCUT2D eigenvalue weighted by molar-refractivity contribution is 4.68. The number of nitrogens with zero attached hydrogens (tertiary/aromatic N) is 1. The minimum Gasteiger partial charge on any atom is -0.374 e. The SMILES string of the molecule is CCC(C)(C)OCCN1CCCC1. The van der Waals surface area contributed by atoms with Crippen molar-refractivity contribution < 1.29 is 4.74 Å². The van der Waals surface area contributed by atoms with E-state index in [4.69, 9.17) is 4.74 Å². The fraction of sp³-hybridized carbons (Fsp3) is 1.00. The van der Waals surface area contributed by atoms with Gasteiger partial charge in [0.15, 0.2) is 0 Å². The molecule has 13 heavy (non-hydrogen) atoms. The quantitative estimate of drug-likeness (QED) is 0.651. The molecular weight excluding hydrogens is 162 g/mol. The molecule has 0 bridgehead atoms. The van der Waals surface area contributed by atoms with E-state index < -0.39 is 0 Å². The standard InChI is InChI=1S/C11H23NO/c1-4-11(2,3)13-10-9-12-7-5-6-8-12/h4-10H2,1-3H3. The van der Waals surface area contributed by atoms with E-state index in [0.717, 1.165) is 19.6 Å². The van der Waals surface area contributed by atoms with Crippen molar-refractivity contribution in [3.8, 4) is 0 Å². The molecule has 0 aliphatic carbocycles. The lowest BCUT2D eigenvalue weighted by atomic mass is 10.1. The van der Waals surface area contributed by atoms with Crippen LogP contribution in [0.15, 0.2) is 0 Å². The zero-order valence-corrected chi connectivity index (χ0v) is 9.31. The van der Waals surface area contributed by atoms with Crippen LogP contribution in [0.5, 0.6) is 0 Å². The summed E-state index contributed by atoms with van der Waals surface area (Å²) in [5.41, 5.74) is 0.0692. The Balaban J connectivity index is 2.06. The van der Waals surface area contributed by atoms with Gasteiger partial charge in [-0.25, -0.2) is 0 Å². The van der Waals surface area contributed by atoms with E-state index in [1.165, 1.54) is 25.9 Å². The van der Waals surface area contributed by atoms with Gasteiger partial charge in [0.25, 0.3) is 0 Å². The Morgan fingerprint density at radius 3 is 2.38 bits per heavy atom. The predicted molar refractivity (Wildman–Crippen MR) is 56.0 cm³/mol. The molecule has 1 rings (SSSR count). The average Bonchev–Trinajstić information content (AvgIpc) is 2.57. The third-order valence-corrected chi connectivity index (χ3v) is 2.95. The van der Waals surface area contributed by atoms with Crippen LogP contribution in [-0.2, 0) is 4.74 Å². The second-order valence-corrected chi connectivity index (χ2v) is 4.51. The molecule has 1 saturated heterocycles. The first-order valence-electron chi connectivity index (χ1n) is 5.50. The van der Waals surface area contributed by atoms with Crippen LogP contribution in [-0.4, -0.2) is 36.7 Å². The molecule has 1 aliphatic rings. The molecule has 1 fully saturated rings. The molecule has 0 aromatic heterocycles. The first-order chi connectivity index (χ1) is 6.14. The van der Waals surface area contributed by atoms with Gasteiger partial charge in [0.1, 0.15) is 0 Å². The van der Waals surface area contributed by atoms with Crippen LogP contribution in [0, 0.1) is 0 Å². The fourth-order valence-corrected chi connectivity index (χ4v) is 1.56. The lowest BCUT2D eigenvalue weighted by Crippen LogP contribution is -2.30. The predicted octanol–water partition coefficient (Wildman–Crippen LogP) is 2.29. The van der Waals surface area contributed by atoms with Crippen LogP contribution in [0.1, 0.15) is 40.0 Å². The van der Waals surface area contributed by atoms with E-state index in [1.807, 2.05) is 0 Å². The molecule has 0 saturated carbocycles. The Morgan fingerprint density at radius 1 is 1.23 bits per heavy atom. The van der Waals surface area contributed by atoms with E-state index in [9.17, 15) is 0 Å².